The normalized spacial score (nSPS) is 11.7. The Hall–Kier alpha value is -5.88. The van der Waals surface area contributed by atoms with Gasteiger partial charge < -0.3 is 9.13 Å². The number of para-hydroxylation sites is 2. The molecule has 0 radical (unpaired) electrons. The van der Waals surface area contributed by atoms with E-state index in [4.69, 9.17) is 0 Å². The Bertz CT molecular complexity index is 2710. The van der Waals surface area contributed by atoms with Crippen molar-refractivity contribution in [2.45, 2.75) is 0 Å². The van der Waals surface area contributed by atoms with E-state index in [1.54, 1.807) is 11.3 Å². The number of hydrogen-bond donors (Lipinski definition) is 0. The minimum Gasteiger partial charge on any atom is -0.309 e. The molecular formula is C38H20N4S. The Kier molecular flexibility index (Phi) is 4.87. The van der Waals surface area contributed by atoms with Crippen LogP contribution in [-0.2, 0) is 0 Å². The topological polar surface area (TPSA) is 57.4 Å². The molecule has 4 nitrogen and oxygen atoms in total. The summed E-state index contributed by atoms with van der Waals surface area (Å²) in [6.45, 7) is 0. The smallest absolute Gasteiger partial charge is 0.0998 e. The van der Waals surface area contributed by atoms with Crippen LogP contribution in [0.3, 0.4) is 0 Å². The molecule has 0 spiro atoms. The number of nitriles is 2. The highest BCUT2D eigenvalue weighted by atomic mass is 32.1. The van der Waals surface area contributed by atoms with E-state index in [9.17, 15) is 10.5 Å². The number of rotatable bonds is 2. The first-order chi connectivity index (χ1) is 21.2. The maximum atomic E-state index is 9.92. The summed E-state index contributed by atoms with van der Waals surface area (Å²) in [4.78, 5) is 0. The zero-order chi connectivity index (χ0) is 28.7. The molecule has 3 aromatic heterocycles. The quantitative estimate of drug-likeness (QED) is 0.210. The summed E-state index contributed by atoms with van der Waals surface area (Å²) < 4.78 is 7.02. The molecule has 0 unspecified atom stereocenters. The van der Waals surface area contributed by atoms with Gasteiger partial charge in [-0.1, -0.05) is 54.6 Å². The summed E-state index contributed by atoms with van der Waals surface area (Å²) in [5, 5.41) is 26.1. The molecule has 9 aromatic rings. The molecule has 0 bridgehead atoms. The first-order valence-corrected chi connectivity index (χ1v) is 14.9. The lowest BCUT2D eigenvalue weighted by Gasteiger charge is -2.11. The van der Waals surface area contributed by atoms with E-state index in [-0.39, 0.29) is 0 Å². The first kappa shape index (κ1) is 23.8. The highest BCUT2D eigenvalue weighted by Crippen LogP contribution is 2.42. The molecule has 0 N–H and O–H groups in total. The SMILES string of the molecule is N#Cc1ccc2sc3c(-n4c5ccccc5c5cc(-n6c7ccccc7c7c(C#N)cccc76)ccc54)cccc3c2c1. The summed E-state index contributed by atoms with van der Waals surface area (Å²) in [7, 11) is 0. The molecule has 198 valence electrons. The Morgan fingerprint density at radius 1 is 0.512 bits per heavy atom. The highest BCUT2D eigenvalue weighted by Gasteiger charge is 2.19. The van der Waals surface area contributed by atoms with E-state index in [0.29, 0.717) is 11.1 Å². The highest BCUT2D eigenvalue weighted by molar-refractivity contribution is 7.26. The second kappa shape index (κ2) is 8.81. The van der Waals surface area contributed by atoms with E-state index in [0.717, 1.165) is 55.0 Å². The zero-order valence-electron chi connectivity index (χ0n) is 22.7. The number of hydrogen-bond acceptors (Lipinski definition) is 3. The summed E-state index contributed by atoms with van der Waals surface area (Å²) in [5.74, 6) is 0. The van der Waals surface area contributed by atoms with E-state index >= 15 is 0 Å². The average molecular weight is 565 g/mol. The zero-order valence-corrected chi connectivity index (χ0v) is 23.6. The van der Waals surface area contributed by atoms with Gasteiger partial charge in [-0.3, -0.25) is 0 Å². The third-order valence-corrected chi connectivity index (χ3v) is 9.79. The van der Waals surface area contributed by atoms with Gasteiger partial charge in [0, 0.05) is 42.7 Å². The van der Waals surface area contributed by atoms with Gasteiger partial charge in [0.15, 0.2) is 0 Å². The van der Waals surface area contributed by atoms with Gasteiger partial charge in [0.25, 0.3) is 0 Å². The van der Waals surface area contributed by atoms with Crippen LogP contribution in [0.2, 0.25) is 0 Å². The lowest BCUT2D eigenvalue weighted by molar-refractivity contribution is 1.17. The first-order valence-electron chi connectivity index (χ1n) is 14.1. The Morgan fingerprint density at radius 3 is 2.07 bits per heavy atom. The molecule has 3 heterocycles. The predicted octanol–water partition coefficient (Wildman–Crippen LogP) is 9.99. The molecule has 43 heavy (non-hydrogen) atoms. The van der Waals surface area contributed by atoms with E-state index in [2.05, 4.69) is 112 Å². The van der Waals surface area contributed by atoms with Crippen molar-refractivity contribution in [3.8, 4) is 23.5 Å². The molecule has 0 fully saturated rings. The lowest BCUT2D eigenvalue weighted by atomic mass is 10.1. The van der Waals surface area contributed by atoms with Crippen molar-refractivity contribution in [2.24, 2.45) is 0 Å². The van der Waals surface area contributed by atoms with Crippen molar-refractivity contribution < 1.29 is 0 Å². The van der Waals surface area contributed by atoms with Gasteiger partial charge in [0.2, 0.25) is 0 Å². The van der Waals surface area contributed by atoms with Crippen molar-refractivity contribution >= 4 is 75.1 Å². The molecule has 0 aliphatic carbocycles. The number of benzene rings is 6. The molecule has 0 saturated heterocycles. The molecule has 9 rings (SSSR count). The molecule has 0 atom stereocenters. The summed E-state index contributed by atoms with van der Waals surface area (Å²) in [6.07, 6.45) is 0. The molecular weight excluding hydrogens is 545 g/mol. The number of thiophene rings is 1. The minimum absolute atomic E-state index is 0.675. The Morgan fingerprint density at radius 2 is 1.23 bits per heavy atom. The van der Waals surface area contributed by atoms with Gasteiger partial charge in [-0.25, -0.2) is 0 Å². The van der Waals surface area contributed by atoms with Crippen LogP contribution in [0.4, 0.5) is 0 Å². The van der Waals surface area contributed by atoms with Crippen LogP contribution < -0.4 is 0 Å². The second-order valence-corrected chi connectivity index (χ2v) is 11.8. The molecule has 0 aliphatic heterocycles. The van der Waals surface area contributed by atoms with Gasteiger partial charge in [0.05, 0.1) is 55.7 Å². The summed E-state index contributed by atoms with van der Waals surface area (Å²) >= 11 is 1.77. The third-order valence-electron chi connectivity index (χ3n) is 8.58. The van der Waals surface area contributed by atoms with Crippen LogP contribution in [0.5, 0.6) is 0 Å². The summed E-state index contributed by atoms with van der Waals surface area (Å²) in [5.41, 5.74) is 7.92. The van der Waals surface area contributed by atoms with Gasteiger partial charge in [0.1, 0.15) is 0 Å². The van der Waals surface area contributed by atoms with Crippen LogP contribution in [0.15, 0.2) is 121 Å². The molecule has 0 aliphatic rings. The van der Waals surface area contributed by atoms with Gasteiger partial charge >= 0.3 is 0 Å². The maximum absolute atomic E-state index is 9.92. The summed E-state index contributed by atoms with van der Waals surface area (Å²) in [6, 6.07) is 46.7. The van der Waals surface area contributed by atoms with Gasteiger partial charge in [-0.05, 0) is 66.7 Å². The van der Waals surface area contributed by atoms with Crippen molar-refractivity contribution in [1.82, 2.24) is 9.13 Å². The van der Waals surface area contributed by atoms with Gasteiger partial charge in [-0.15, -0.1) is 11.3 Å². The second-order valence-electron chi connectivity index (χ2n) is 10.8. The van der Waals surface area contributed by atoms with Crippen molar-refractivity contribution in [3.05, 3.63) is 132 Å². The number of fused-ring (bicyclic) bond motifs is 9. The van der Waals surface area contributed by atoms with Crippen LogP contribution in [0.1, 0.15) is 11.1 Å². The van der Waals surface area contributed by atoms with E-state index in [1.165, 1.54) is 20.2 Å². The van der Waals surface area contributed by atoms with Gasteiger partial charge in [-0.2, -0.15) is 10.5 Å². The molecule has 0 saturated carbocycles. The average Bonchev–Trinajstić information content (AvgIpc) is 3.71. The Balaban J connectivity index is 1.36. The third kappa shape index (κ3) is 3.23. The van der Waals surface area contributed by atoms with Crippen molar-refractivity contribution in [3.63, 3.8) is 0 Å². The van der Waals surface area contributed by atoms with Crippen LogP contribution in [-0.4, -0.2) is 9.13 Å². The van der Waals surface area contributed by atoms with Crippen molar-refractivity contribution in [1.29, 1.82) is 10.5 Å². The van der Waals surface area contributed by atoms with Crippen molar-refractivity contribution in [2.75, 3.05) is 0 Å². The predicted molar refractivity (Wildman–Crippen MR) is 177 cm³/mol. The monoisotopic (exact) mass is 564 g/mol. The largest absolute Gasteiger partial charge is 0.309 e. The Labute approximate surface area is 250 Å². The number of nitrogens with zero attached hydrogens (tertiary/aromatic N) is 4. The standard InChI is InChI=1S/C38H20N4S/c39-21-23-15-18-36-30(19-23)27-10-6-14-35(38(27)43-36)42-31-11-3-1-8-26(31)29-20-25(16-17-33(29)42)41-32-12-4-2-9-28(32)37-24(22-40)7-5-13-34(37)41/h1-20H. The number of aromatic nitrogens is 2. The van der Waals surface area contributed by atoms with E-state index < -0.39 is 0 Å². The minimum atomic E-state index is 0.675. The van der Waals surface area contributed by atoms with Crippen LogP contribution in [0, 0.1) is 22.7 Å². The van der Waals surface area contributed by atoms with E-state index in [1.807, 2.05) is 30.3 Å². The fourth-order valence-corrected chi connectivity index (χ4v) is 7.97. The maximum Gasteiger partial charge on any atom is 0.0998 e. The molecule has 6 aromatic carbocycles. The van der Waals surface area contributed by atoms with Crippen LogP contribution in [0.25, 0.3) is 75.2 Å². The van der Waals surface area contributed by atoms with Crippen LogP contribution >= 0.6 is 11.3 Å². The molecule has 0 amide bonds. The fourth-order valence-electron chi connectivity index (χ4n) is 6.78. The lowest BCUT2D eigenvalue weighted by Crippen LogP contribution is -1.96. The molecule has 5 heteroatoms. The fraction of sp³-hybridized carbons (Fsp3) is 0.